The third-order valence-electron chi connectivity index (χ3n) is 5.63. The number of nitrogens with one attached hydrogen (secondary N) is 1. The van der Waals surface area contributed by atoms with Gasteiger partial charge in [-0.15, -0.1) is 0 Å². The van der Waals surface area contributed by atoms with Crippen molar-refractivity contribution in [2.45, 2.75) is 70.9 Å². The van der Waals surface area contributed by atoms with Crippen LogP contribution >= 0.6 is 0 Å². The summed E-state index contributed by atoms with van der Waals surface area (Å²) in [6.07, 6.45) is 8.42. The molecule has 0 bridgehead atoms. The highest BCUT2D eigenvalue weighted by Crippen LogP contribution is 2.26. The van der Waals surface area contributed by atoms with Crippen molar-refractivity contribution in [1.82, 2.24) is 10.2 Å². The topological polar surface area (TPSA) is 41.6 Å². The van der Waals surface area contributed by atoms with E-state index in [0.717, 1.165) is 32.0 Å². The maximum Gasteiger partial charge on any atom is 0.305 e. The van der Waals surface area contributed by atoms with E-state index in [9.17, 15) is 4.79 Å². The van der Waals surface area contributed by atoms with Crippen LogP contribution in [0.1, 0.15) is 58.8 Å². The molecule has 0 radical (unpaired) electrons. The Morgan fingerprint density at radius 3 is 2.64 bits per heavy atom. The lowest BCUT2D eigenvalue weighted by Crippen LogP contribution is -2.52. The van der Waals surface area contributed by atoms with Gasteiger partial charge >= 0.3 is 5.97 Å². The maximum atomic E-state index is 11.6. The van der Waals surface area contributed by atoms with Crippen LogP contribution < -0.4 is 5.32 Å². The number of methoxy groups -OCH3 is 1. The summed E-state index contributed by atoms with van der Waals surface area (Å²) in [5, 5.41) is 3.80. The van der Waals surface area contributed by atoms with Gasteiger partial charge in [-0.25, -0.2) is 0 Å². The molecule has 0 aromatic heterocycles. The van der Waals surface area contributed by atoms with E-state index in [0.29, 0.717) is 24.4 Å². The van der Waals surface area contributed by atoms with Gasteiger partial charge in [0.15, 0.2) is 0 Å². The first-order chi connectivity index (χ1) is 10.6. The molecular weight excluding hydrogens is 276 g/mol. The van der Waals surface area contributed by atoms with Crippen LogP contribution in [0.2, 0.25) is 0 Å². The Labute approximate surface area is 136 Å². The zero-order chi connectivity index (χ0) is 15.9. The minimum Gasteiger partial charge on any atom is -0.469 e. The third-order valence-corrected chi connectivity index (χ3v) is 5.63. The van der Waals surface area contributed by atoms with Crippen LogP contribution in [-0.4, -0.2) is 49.7 Å². The lowest BCUT2D eigenvalue weighted by Gasteiger charge is -2.41. The summed E-state index contributed by atoms with van der Waals surface area (Å²) in [6.45, 7) is 7.86. The van der Waals surface area contributed by atoms with Gasteiger partial charge in [-0.05, 0) is 51.0 Å². The van der Waals surface area contributed by atoms with Crippen LogP contribution in [0, 0.1) is 11.8 Å². The fourth-order valence-electron chi connectivity index (χ4n) is 4.02. The highest BCUT2D eigenvalue weighted by Gasteiger charge is 2.31. The standard InChI is InChI=1S/C18H34N2O2/c1-4-14(2)20-12-16(10-18(21)22-3)9-17(13-20)19-11-15-7-5-6-8-15/h14-17,19H,4-13H2,1-3H3. The Kier molecular flexibility index (Phi) is 7.16. The molecule has 4 nitrogen and oxygen atoms in total. The highest BCUT2D eigenvalue weighted by molar-refractivity contribution is 5.69. The van der Waals surface area contributed by atoms with Crippen molar-refractivity contribution in [3.63, 3.8) is 0 Å². The molecule has 2 rings (SSSR count). The predicted octanol–water partition coefficient (Wildman–Crippen LogP) is 2.82. The number of carbonyl (C=O) groups excluding carboxylic acids is 1. The molecule has 2 fully saturated rings. The SMILES string of the molecule is CCC(C)N1CC(CC(=O)OC)CC(NCC2CCCC2)C1. The van der Waals surface area contributed by atoms with Crippen LogP contribution in [0.15, 0.2) is 0 Å². The van der Waals surface area contributed by atoms with Gasteiger partial charge in [0.1, 0.15) is 0 Å². The summed E-state index contributed by atoms with van der Waals surface area (Å²) in [5.41, 5.74) is 0. The molecule has 3 atom stereocenters. The van der Waals surface area contributed by atoms with Crippen LogP contribution in [0.3, 0.4) is 0 Å². The second kappa shape index (κ2) is 8.88. The number of nitrogens with zero attached hydrogens (tertiary/aromatic N) is 1. The first-order valence-electron chi connectivity index (χ1n) is 9.16. The minimum atomic E-state index is -0.0643. The highest BCUT2D eigenvalue weighted by atomic mass is 16.5. The van der Waals surface area contributed by atoms with Crippen molar-refractivity contribution >= 4 is 5.97 Å². The molecule has 1 heterocycles. The lowest BCUT2D eigenvalue weighted by atomic mass is 9.90. The predicted molar refractivity (Wildman–Crippen MR) is 89.8 cm³/mol. The van der Waals surface area contributed by atoms with E-state index in [4.69, 9.17) is 4.74 Å². The van der Waals surface area contributed by atoms with Gasteiger partial charge in [0.05, 0.1) is 7.11 Å². The Morgan fingerprint density at radius 2 is 2.00 bits per heavy atom. The van der Waals surface area contributed by atoms with Crippen LogP contribution in [0.4, 0.5) is 0 Å². The van der Waals surface area contributed by atoms with E-state index >= 15 is 0 Å². The second-order valence-electron chi connectivity index (χ2n) is 7.35. The van der Waals surface area contributed by atoms with Crippen LogP contribution in [-0.2, 0) is 9.53 Å². The van der Waals surface area contributed by atoms with Crippen molar-refractivity contribution in [3.8, 4) is 0 Å². The summed E-state index contributed by atoms with van der Waals surface area (Å²) in [6, 6.07) is 1.12. The Balaban J connectivity index is 1.87. The number of ether oxygens (including phenoxy) is 1. The molecule has 22 heavy (non-hydrogen) atoms. The average Bonchev–Trinajstić information content (AvgIpc) is 3.05. The van der Waals surface area contributed by atoms with Crippen LogP contribution in [0.5, 0.6) is 0 Å². The fraction of sp³-hybridized carbons (Fsp3) is 0.944. The Bertz CT molecular complexity index is 342. The first-order valence-corrected chi connectivity index (χ1v) is 9.16. The number of hydrogen-bond donors (Lipinski definition) is 1. The summed E-state index contributed by atoms with van der Waals surface area (Å²) < 4.78 is 4.87. The molecule has 1 N–H and O–H groups in total. The Morgan fingerprint density at radius 1 is 1.27 bits per heavy atom. The number of esters is 1. The monoisotopic (exact) mass is 310 g/mol. The van der Waals surface area contributed by atoms with Crippen molar-refractivity contribution in [2.75, 3.05) is 26.7 Å². The summed E-state index contributed by atoms with van der Waals surface area (Å²) in [7, 11) is 1.49. The molecule has 4 heteroatoms. The number of rotatable bonds is 7. The van der Waals surface area contributed by atoms with Gasteiger partial charge in [-0.1, -0.05) is 19.8 Å². The fourth-order valence-corrected chi connectivity index (χ4v) is 4.02. The molecule has 0 aromatic carbocycles. The van der Waals surface area contributed by atoms with Gasteiger partial charge in [0, 0.05) is 31.6 Å². The molecule has 3 unspecified atom stereocenters. The quantitative estimate of drug-likeness (QED) is 0.734. The van der Waals surface area contributed by atoms with E-state index in [1.807, 2.05) is 0 Å². The van der Waals surface area contributed by atoms with Crippen molar-refractivity contribution < 1.29 is 9.53 Å². The van der Waals surface area contributed by atoms with Gasteiger partial charge < -0.3 is 10.1 Å². The smallest absolute Gasteiger partial charge is 0.305 e. The van der Waals surface area contributed by atoms with Crippen molar-refractivity contribution in [2.24, 2.45) is 11.8 Å². The van der Waals surface area contributed by atoms with Gasteiger partial charge in [0.25, 0.3) is 0 Å². The maximum absolute atomic E-state index is 11.6. The zero-order valence-electron chi connectivity index (χ0n) is 14.6. The van der Waals surface area contributed by atoms with Crippen molar-refractivity contribution in [1.29, 1.82) is 0 Å². The first kappa shape index (κ1) is 17.7. The van der Waals surface area contributed by atoms with E-state index in [1.165, 1.54) is 39.2 Å². The van der Waals surface area contributed by atoms with Gasteiger partial charge in [-0.2, -0.15) is 0 Å². The average molecular weight is 310 g/mol. The largest absolute Gasteiger partial charge is 0.469 e. The molecule has 1 saturated heterocycles. The molecule has 1 aliphatic heterocycles. The third kappa shape index (κ3) is 5.24. The molecule has 128 valence electrons. The molecule has 0 aromatic rings. The normalized spacial score (nSPS) is 28.7. The van der Waals surface area contributed by atoms with Gasteiger partial charge in [0.2, 0.25) is 0 Å². The molecule has 0 spiro atoms. The second-order valence-corrected chi connectivity index (χ2v) is 7.35. The molecule has 1 aliphatic carbocycles. The van der Waals surface area contributed by atoms with E-state index in [2.05, 4.69) is 24.1 Å². The van der Waals surface area contributed by atoms with E-state index < -0.39 is 0 Å². The van der Waals surface area contributed by atoms with Gasteiger partial charge in [-0.3, -0.25) is 9.69 Å². The summed E-state index contributed by atoms with van der Waals surface area (Å²) >= 11 is 0. The Hall–Kier alpha value is -0.610. The number of carbonyl (C=O) groups is 1. The molecule has 1 saturated carbocycles. The summed E-state index contributed by atoms with van der Waals surface area (Å²) in [4.78, 5) is 14.2. The molecule has 2 aliphatic rings. The van der Waals surface area contributed by atoms with E-state index in [-0.39, 0.29) is 5.97 Å². The zero-order valence-corrected chi connectivity index (χ0v) is 14.6. The molecule has 0 amide bonds. The number of piperidine rings is 1. The molecular formula is C18H34N2O2. The minimum absolute atomic E-state index is 0.0643. The summed E-state index contributed by atoms with van der Waals surface area (Å²) in [5.74, 6) is 1.24. The van der Waals surface area contributed by atoms with Crippen LogP contribution in [0.25, 0.3) is 0 Å². The van der Waals surface area contributed by atoms with Crippen molar-refractivity contribution in [3.05, 3.63) is 0 Å². The number of likely N-dealkylation sites (tertiary alicyclic amines) is 1. The number of hydrogen-bond acceptors (Lipinski definition) is 4. The van der Waals surface area contributed by atoms with E-state index in [1.54, 1.807) is 0 Å². The lowest BCUT2D eigenvalue weighted by molar-refractivity contribution is -0.142.